The van der Waals surface area contributed by atoms with Crippen LogP contribution in [0.25, 0.3) is 0 Å². The lowest BCUT2D eigenvalue weighted by molar-refractivity contribution is -0.115. The Morgan fingerprint density at radius 3 is 3.08 bits per heavy atom. The van der Waals surface area contributed by atoms with Gasteiger partial charge in [-0.3, -0.25) is 10.1 Å². The molecule has 1 N–H and O–H groups in total. The highest BCUT2D eigenvalue weighted by atomic mass is 32.2. The highest BCUT2D eigenvalue weighted by Gasteiger charge is 2.05. The molecular weight excluding hydrogens is 188 g/mol. The largest absolute Gasteiger partial charge is 0.429 e. The van der Waals surface area contributed by atoms with Crippen LogP contribution < -0.4 is 5.32 Å². The molecule has 0 saturated heterocycles. The maximum absolute atomic E-state index is 11.2. The van der Waals surface area contributed by atoms with Gasteiger partial charge < -0.3 is 4.42 Å². The van der Waals surface area contributed by atoms with Crippen molar-refractivity contribution < 1.29 is 9.21 Å². The molecule has 5 heteroatoms. The normalized spacial score (nSPS) is 10.0. The van der Waals surface area contributed by atoms with Crippen molar-refractivity contribution in [2.75, 3.05) is 17.3 Å². The molecular formula is C8H12N2O2S. The number of nitrogens with one attached hydrogen (secondary N) is 1. The first kappa shape index (κ1) is 10.1. The Bertz CT molecular complexity index is 285. The van der Waals surface area contributed by atoms with Gasteiger partial charge >= 0.3 is 6.01 Å². The zero-order valence-electron chi connectivity index (χ0n) is 7.66. The van der Waals surface area contributed by atoms with E-state index in [0.29, 0.717) is 12.2 Å². The Morgan fingerprint density at radius 2 is 2.54 bits per heavy atom. The van der Waals surface area contributed by atoms with E-state index in [1.54, 1.807) is 24.9 Å². The van der Waals surface area contributed by atoms with Crippen LogP contribution in [0.2, 0.25) is 0 Å². The summed E-state index contributed by atoms with van der Waals surface area (Å²) in [6.07, 6.45) is 4.02. The van der Waals surface area contributed by atoms with Gasteiger partial charge in [-0.05, 0) is 13.2 Å². The quantitative estimate of drug-likeness (QED) is 0.803. The molecule has 4 nitrogen and oxygen atoms in total. The molecule has 1 aromatic heterocycles. The van der Waals surface area contributed by atoms with Crippen LogP contribution in [0.1, 0.15) is 12.2 Å². The molecule has 0 fully saturated rings. The summed E-state index contributed by atoms with van der Waals surface area (Å²) in [4.78, 5) is 15.0. The number of hydrogen-bond donors (Lipinski definition) is 1. The fraction of sp³-hybridized carbons (Fsp3) is 0.500. The number of anilines is 1. The van der Waals surface area contributed by atoms with Gasteiger partial charge in [-0.1, -0.05) is 0 Å². The molecule has 13 heavy (non-hydrogen) atoms. The Morgan fingerprint density at radius 1 is 1.77 bits per heavy atom. The van der Waals surface area contributed by atoms with Crippen LogP contribution in [0.4, 0.5) is 6.01 Å². The standard InChI is InChI=1S/C8H12N2O2S/c1-6-5-9-8(12-6)10-7(11)3-4-13-2/h5H,3-4H2,1-2H3,(H,9,10,11). The Kier molecular flexibility index (Phi) is 3.82. The fourth-order valence-electron chi connectivity index (χ4n) is 0.789. The summed E-state index contributed by atoms with van der Waals surface area (Å²) in [7, 11) is 0. The van der Waals surface area contributed by atoms with Gasteiger partial charge in [-0.2, -0.15) is 11.8 Å². The van der Waals surface area contributed by atoms with E-state index in [-0.39, 0.29) is 11.9 Å². The number of carbonyl (C=O) groups is 1. The van der Waals surface area contributed by atoms with Crippen molar-refractivity contribution >= 4 is 23.7 Å². The van der Waals surface area contributed by atoms with E-state index in [9.17, 15) is 4.79 Å². The Balaban J connectivity index is 2.36. The van der Waals surface area contributed by atoms with Crippen molar-refractivity contribution in [3.63, 3.8) is 0 Å². The van der Waals surface area contributed by atoms with Crippen LogP contribution >= 0.6 is 11.8 Å². The van der Waals surface area contributed by atoms with Crippen molar-refractivity contribution in [2.24, 2.45) is 0 Å². The SMILES string of the molecule is CSCCC(=O)Nc1ncc(C)o1. The second kappa shape index (κ2) is 4.91. The molecule has 72 valence electrons. The third-order valence-electron chi connectivity index (χ3n) is 1.40. The van der Waals surface area contributed by atoms with E-state index in [2.05, 4.69) is 10.3 Å². The lowest BCUT2D eigenvalue weighted by atomic mass is 10.4. The third kappa shape index (κ3) is 3.50. The number of oxazole rings is 1. The number of carbonyl (C=O) groups excluding carboxylic acids is 1. The van der Waals surface area contributed by atoms with Crippen LogP contribution in [0, 0.1) is 6.92 Å². The van der Waals surface area contributed by atoms with Gasteiger partial charge in [0.1, 0.15) is 5.76 Å². The number of aromatic nitrogens is 1. The number of thioether (sulfide) groups is 1. The van der Waals surface area contributed by atoms with Crippen molar-refractivity contribution in [3.8, 4) is 0 Å². The first-order chi connectivity index (χ1) is 6.22. The van der Waals surface area contributed by atoms with E-state index in [1.807, 2.05) is 6.26 Å². The molecule has 1 aromatic rings. The van der Waals surface area contributed by atoms with Crippen LogP contribution in [0.5, 0.6) is 0 Å². The van der Waals surface area contributed by atoms with E-state index >= 15 is 0 Å². The minimum absolute atomic E-state index is 0.0591. The van der Waals surface area contributed by atoms with Crippen LogP contribution in [-0.2, 0) is 4.79 Å². The molecule has 0 radical (unpaired) electrons. The van der Waals surface area contributed by atoms with Crippen LogP contribution in [0.15, 0.2) is 10.6 Å². The average Bonchev–Trinajstić information content (AvgIpc) is 2.48. The van der Waals surface area contributed by atoms with Gasteiger partial charge in [0.15, 0.2) is 0 Å². The molecule has 0 spiro atoms. The fourth-order valence-corrected chi connectivity index (χ4v) is 1.18. The van der Waals surface area contributed by atoms with Gasteiger partial charge in [-0.25, -0.2) is 4.98 Å². The Hall–Kier alpha value is -0.970. The zero-order chi connectivity index (χ0) is 9.68. The van der Waals surface area contributed by atoms with E-state index < -0.39 is 0 Å². The average molecular weight is 200 g/mol. The molecule has 0 bridgehead atoms. The number of nitrogens with zero attached hydrogens (tertiary/aromatic N) is 1. The van der Waals surface area contributed by atoms with Crippen molar-refractivity contribution in [1.29, 1.82) is 0 Å². The Labute approximate surface area is 81.1 Å². The summed E-state index contributed by atoms with van der Waals surface area (Å²) >= 11 is 1.63. The molecule has 0 aromatic carbocycles. The highest BCUT2D eigenvalue weighted by molar-refractivity contribution is 7.98. The van der Waals surface area contributed by atoms with Crippen LogP contribution in [0.3, 0.4) is 0 Å². The summed E-state index contributed by atoms with van der Waals surface area (Å²) in [5.41, 5.74) is 0. The second-order valence-corrected chi connectivity index (χ2v) is 3.55. The molecule has 1 amide bonds. The molecule has 0 atom stereocenters. The molecule has 0 aliphatic heterocycles. The number of aryl methyl sites for hydroxylation is 1. The van der Waals surface area contributed by atoms with Gasteiger partial charge in [0, 0.05) is 12.2 Å². The lowest BCUT2D eigenvalue weighted by Gasteiger charge is -1.98. The van der Waals surface area contributed by atoms with E-state index in [1.165, 1.54) is 0 Å². The maximum Gasteiger partial charge on any atom is 0.301 e. The van der Waals surface area contributed by atoms with Crippen LogP contribution in [-0.4, -0.2) is 22.9 Å². The zero-order valence-corrected chi connectivity index (χ0v) is 8.48. The van der Waals surface area contributed by atoms with Gasteiger partial charge in [0.2, 0.25) is 5.91 Å². The molecule has 1 rings (SSSR count). The predicted octanol–water partition coefficient (Wildman–Crippen LogP) is 1.67. The summed E-state index contributed by atoms with van der Waals surface area (Å²) in [5, 5.41) is 2.57. The summed E-state index contributed by atoms with van der Waals surface area (Å²) in [5.74, 6) is 1.45. The molecule has 0 aliphatic rings. The maximum atomic E-state index is 11.2. The van der Waals surface area contributed by atoms with E-state index in [0.717, 1.165) is 5.75 Å². The first-order valence-electron chi connectivity index (χ1n) is 3.93. The minimum Gasteiger partial charge on any atom is -0.429 e. The number of rotatable bonds is 4. The molecule has 0 unspecified atom stereocenters. The molecule has 1 heterocycles. The first-order valence-corrected chi connectivity index (χ1v) is 5.33. The van der Waals surface area contributed by atoms with Gasteiger partial charge in [0.05, 0.1) is 6.20 Å². The van der Waals surface area contributed by atoms with Crippen molar-refractivity contribution in [2.45, 2.75) is 13.3 Å². The highest BCUT2D eigenvalue weighted by Crippen LogP contribution is 2.07. The van der Waals surface area contributed by atoms with Gasteiger partial charge in [0.25, 0.3) is 0 Å². The minimum atomic E-state index is -0.0591. The second-order valence-electron chi connectivity index (χ2n) is 2.57. The van der Waals surface area contributed by atoms with Crippen molar-refractivity contribution in [1.82, 2.24) is 4.98 Å². The van der Waals surface area contributed by atoms with Crippen molar-refractivity contribution in [3.05, 3.63) is 12.0 Å². The lowest BCUT2D eigenvalue weighted by Crippen LogP contribution is -2.12. The summed E-state index contributed by atoms with van der Waals surface area (Å²) in [6, 6.07) is 0.281. The molecule has 0 aliphatic carbocycles. The van der Waals surface area contributed by atoms with E-state index in [4.69, 9.17) is 4.42 Å². The monoisotopic (exact) mass is 200 g/mol. The third-order valence-corrected chi connectivity index (χ3v) is 2.01. The molecule has 0 saturated carbocycles. The summed E-state index contributed by atoms with van der Waals surface area (Å²) < 4.78 is 5.08. The predicted molar refractivity (Wildman–Crippen MR) is 52.9 cm³/mol. The smallest absolute Gasteiger partial charge is 0.301 e. The van der Waals surface area contributed by atoms with Gasteiger partial charge in [-0.15, -0.1) is 0 Å². The number of hydrogen-bond acceptors (Lipinski definition) is 4. The topological polar surface area (TPSA) is 55.1 Å². The summed E-state index contributed by atoms with van der Waals surface area (Å²) in [6.45, 7) is 1.78. The number of amides is 1.